The lowest BCUT2D eigenvalue weighted by molar-refractivity contribution is -0.107. The number of carbonyl (C=O) groups excluding carboxylic acids is 1. The molecule has 0 bridgehead atoms. The Kier molecular flexibility index (Phi) is 3.90. The Morgan fingerprint density at radius 1 is 1.62 bits per heavy atom. The fourth-order valence-electron chi connectivity index (χ4n) is 1.57. The van der Waals surface area contributed by atoms with E-state index in [1.807, 2.05) is 6.92 Å². The third-order valence-corrected chi connectivity index (χ3v) is 2.25. The summed E-state index contributed by atoms with van der Waals surface area (Å²) in [6.07, 6.45) is 6.62. The van der Waals surface area contributed by atoms with Crippen molar-refractivity contribution in [3.05, 3.63) is 23.3 Å². The molecule has 0 amide bonds. The molecule has 0 saturated carbocycles. The Morgan fingerprint density at radius 3 is 3.00 bits per heavy atom. The molecule has 0 aliphatic heterocycles. The summed E-state index contributed by atoms with van der Waals surface area (Å²) < 4.78 is 5.52. The molecule has 1 atom stereocenters. The first-order chi connectivity index (χ1) is 6.29. The lowest BCUT2D eigenvalue weighted by Crippen LogP contribution is -2.11. The molecule has 0 fully saturated rings. The zero-order valence-corrected chi connectivity index (χ0v) is 8.25. The van der Waals surface area contributed by atoms with E-state index in [0.29, 0.717) is 13.0 Å². The number of rotatable bonds is 5. The average molecular weight is 180 g/mol. The molecule has 2 nitrogen and oxygen atoms in total. The summed E-state index contributed by atoms with van der Waals surface area (Å²) in [6, 6.07) is 0. The highest BCUT2D eigenvalue weighted by molar-refractivity contribution is 5.51. The highest BCUT2D eigenvalue weighted by atomic mass is 16.5. The summed E-state index contributed by atoms with van der Waals surface area (Å²) in [5.41, 5.74) is 2.51. The van der Waals surface area contributed by atoms with Gasteiger partial charge in [0.1, 0.15) is 6.29 Å². The van der Waals surface area contributed by atoms with Crippen LogP contribution in [0.2, 0.25) is 0 Å². The van der Waals surface area contributed by atoms with Gasteiger partial charge in [-0.15, -0.1) is 0 Å². The van der Waals surface area contributed by atoms with Gasteiger partial charge in [0.05, 0.1) is 6.10 Å². The zero-order chi connectivity index (χ0) is 9.68. The van der Waals surface area contributed by atoms with Crippen molar-refractivity contribution < 1.29 is 9.53 Å². The molecule has 0 aromatic rings. The fourth-order valence-corrected chi connectivity index (χ4v) is 1.57. The van der Waals surface area contributed by atoms with Crippen LogP contribution in [0.25, 0.3) is 0 Å². The second-order valence-corrected chi connectivity index (χ2v) is 3.15. The van der Waals surface area contributed by atoms with Crippen molar-refractivity contribution in [2.75, 3.05) is 6.61 Å². The third kappa shape index (κ3) is 2.52. The molecule has 0 spiro atoms. The Hall–Kier alpha value is -0.890. The lowest BCUT2D eigenvalue weighted by atomic mass is 10.0. The van der Waals surface area contributed by atoms with Crippen molar-refractivity contribution in [3.8, 4) is 0 Å². The van der Waals surface area contributed by atoms with Crippen molar-refractivity contribution in [2.24, 2.45) is 0 Å². The number of carbonyl (C=O) groups is 1. The van der Waals surface area contributed by atoms with Gasteiger partial charge in [-0.3, -0.25) is 0 Å². The van der Waals surface area contributed by atoms with Crippen LogP contribution in [-0.2, 0) is 9.53 Å². The first kappa shape index (κ1) is 10.2. The number of ether oxygens (including phenoxy) is 1. The topological polar surface area (TPSA) is 26.3 Å². The molecule has 0 saturated heterocycles. The van der Waals surface area contributed by atoms with Crippen molar-refractivity contribution in [3.63, 3.8) is 0 Å². The largest absolute Gasteiger partial charge is 0.370 e. The van der Waals surface area contributed by atoms with Gasteiger partial charge in [0.2, 0.25) is 0 Å². The summed E-state index contributed by atoms with van der Waals surface area (Å²) in [6.45, 7) is 4.77. The molecule has 1 rings (SSSR count). The summed E-state index contributed by atoms with van der Waals surface area (Å²) in [5, 5.41) is 0. The van der Waals surface area contributed by atoms with Gasteiger partial charge in [-0.2, -0.15) is 0 Å². The monoisotopic (exact) mass is 180 g/mol. The van der Waals surface area contributed by atoms with Crippen LogP contribution in [0.15, 0.2) is 23.3 Å². The molecular formula is C11H16O2. The summed E-state index contributed by atoms with van der Waals surface area (Å²) in [7, 11) is 0. The SMILES string of the molecule is CCOC1C=CC(C)=C1CCC=O. The minimum absolute atomic E-state index is 0.116. The molecule has 1 unspecified atom stereocenters. The number of hydrogen-bond acceptors (Lipinski definition) is 2. The Bertz CT molecular complexity index is 238. The number of allylic oxidation sites excluding steroid dienone is 2. The minimum Gasteiger partial charge on any atom is -0.370 e. The normalized spacial score (nSPS) is 21.2. The second-order valence-electron chi connectivity index (χ2n) is 3.15. The van der Waals surface area contributed by atoms with Gasteiger partial charge in [-0.25, -0.2) is 0 Å². The second kappa shape index (κ2) is 4.97. The molecular weight excluding hydrogens is 164 g/mol. The highest BCUT2D eigenvalue weighted by Crippen LogP contribution is 2.25. The van der Waals surface area contributed by atoms with Crippen molar-refractivity contribution in [2.45, 2.75) is 32.8 Å². The van der Waals surface area contributed by atoms with Crippen LogP contribution in [0, 0.1) is 0 Å². The quantitative estimate of drug-likeness (QED) is 0.606. The van der Waals surface area contributed by atoms with Crippen LogP contribution < -0.4 is 0 Å². The molecule has 72 valence electrons. The van der Waals surface area contributed by atoms with Crippen LogP contribution in [0.5, 0.6) is 0 Å². The molecule has 0 N–H and O–H groups in total. The van der Waals surface area contributed by atoms with Crippen LogP contribution >= 0.6 is 0 Å². The predicted octanol–water partition coefficient (Wildman–Crippen LogP) is 2.26. The van der Waals surface area contributed by atoms with Gasteiger partial charge >= 0.3 is 0 Å². The number of hydrogen-bond donors (Lipinski definition) is 0. The van der Waals surface area contributed by atoms with Gasteiger partial charge in [-0.05, 0) is 31.4 Å². The van der Waals surface area contributed by atoms with Crippen LogP contribution in [0.1, 0.15) is 26.7 Å². The van der Waals surface area contributed by atoms with Crippen molar-refractivity contribution in [1.82, 2.24) is 0 Å². The maximum absolute atomic E-state index is 10.2. The average Bonchev–Trinajstić information content (AvgIpc) is 2.45. The molecule has 1 aliphatic carbocycles. The van der Waals surface area contributed by atoms with Gasteiger partial charge in [0.15, 0.2) is 0 Å². The van der Waals surface area contributed by atoms with Gasteiger partial charge < -0.3 is 9.53 Å². The standard InChI is InChI=1S/C11H16O2/c1-3-13-11-7-6-9(2)10(11)5-4-8-12/h6-8,11H,3-5H2,1-2H3. The van der Waals surface area contributed by atoms with E-state index >= 15 is 0 Å². The van der Waals surface area contributed by atoms with E-state index in [4.69, 9.17) is 4.74 Å². The molecule has 0 aromatic heterocycles. The Morgan fingerprint density at radius 2 is 2.38 bits per heavy atom. The van der Waals surface area contributed by atoms with Crippen molar-refractivity contribution in [1.29, 1.82) is 0 Å². The van der Waals surface area contributed by atoms with Crippen LogP contribution in [0.4, 0.5) is 0 Å². The maximum atomic E-state index is 10.2. The first-order valence-corrected chi connectivity index (χ1v) is 4.72. The molecule has 13 heavy (non-hydrogen) atoms. The van der Waals surface area contributed by atoms with Gasteiger partial charge in [0, 0.05) is 13.0 Å². The Labute approximate surface area is 79.3 Å². The summed E-state index contributed by atoms with van der Waals surface area (Å²) in [5.74, 6) is 0. The van der Waals surface area contributed by atoms with E-state index in [1.54, 1.807) is 0 Å². The van der Waals surface area contributed by atoms with Crippen molar-refractivity contribution >= 4 is 6.29 Å². The predicted molar refractivity (Wildman–Crippen MR) is 52.6 cm³/mol. The van der Waals surface area contributed by atoms with E-state index in [0.717, 1.165) is 12.7 Å². The first-order valence-electron chi connectivity index (χ1n) is 4.72. The fraction of sp³-hybridized carbons (Fsp3) is 0.545. The van der Waals surface area contributed by atoms with E-state index in [2.05, 4.69) is 19.1 Å². The smallest absolute Gasteiger partial charge is 0.120 e. The molecule has 0 radical (unpaired) electrons. The van der Waals surface area contributed by atoms with E-state index in [9.17, 15) is 4.79 Å². The molecule has 0 aromatic carbocycles. The number of aldehydes is 1. The van der Waals surface area contributed by atoms with E-state index in [-0.39, 0.29) is 6.10 Å². The van der Waals surface area contributed by atoms with E-state index < -0.39 is 0 Å². The summed E-state index contributed by atoms with van der Waals surface area (Å²) >= 11 is 0. The third-order valence-electron chi connectivity index (χ3n) is 2.25. The van der Waals surface area contributed by atoms with Gasteiger partial charge in [-0.1, -0.05) is 12.2 Å². The van der Waals surface area contributed by atoms with Crippen LogP contribution in [-0.4, -0.2) is 19.0 Å². The highest BCUT2D eigenvalue weighted by Gasteiger charge is 2.17. The Balaban J connectivity index is 2.57. The lowest BCUT2D eigenvalue weighted by Gasteiger charge is -2.13. The molecule has 0 heterocycles. The minimum atomic E-state index is 0.116. The van der Waals surface area contributed by atoms with E-state index in [1.165, 1.54) is 11.1 Å². The summed E-state index contributed by atoms with van der Waals surface area (Å²) in [4.78, 5) is 10.2. The van der Waals surface area contributed by atoms with Crippen LogP contribution in [0.3, 0.4) is 0 Å². The zero-order valence-electron chi connectivity index (χ0n) is 8.25. The maximum Gasteiger partial charge on any atom is 0.120 e. The van der Waals surface area contributed by atoms with Gasteiger partial charge in [0.25, 0.3) is 0 Å². The molecule has 2 heteroatoms. The molecule has 1 aliphatic rings.